The molecule has 0 saturated carbocycles. The van der Waals surface area contributed by atoms with Crippen molar-refractivity contribution in [1.29, 1.82) is 0 Å². The van der Waals surface area contributed by atoms with E-state index in [0.717, 1.165) is 11.4 Å². The Morgan fingerprint density at radius 2 is 2.22 bits per heavy atom. The van der Waals surface area contributed by atoms with Crippen LogP contribution in [0.15, 0.2) is 30.6 Å². The average molecular weight is 314 g/mol. The molecule has 1 aliphatic heterocycles. The van der Waals surface area contributed by atoms with E-state index in [4.69, 9.17) is 4.74 Å². The van der Waals surface area contributed by atoms with Crippen molar-refractivity contribution in [3.05, 3.63) is 47.5 Å². The number of carbonyl (C=O) groups is 1. The monoisotopic (exact) mass is 314 g/mol. The third-order valence-electron chi connectivity index (χ3n) is 4.42. The molecule has 1 aliphatic rings. The first-order valence-electron chi connectivity index (χ1n) is 7.79. The second-order valence-electron chi connectivity index (χ2n) is 6.09. The molecule has 6 nitrogen and oxygen atoms in total. The second-order valence-corrected chi connectivity index (χ2v) is 6.09. The van der Waals surface area contributed by atoms with E-state index in [0.29, 0.717) is 25.3 Å². The number of amides is 1. The van der Waals surface area contributed by atoms with Gasteiger partial charge in [-0.1, -0.05) is 6.07 Å². The number of hydrogen-bond acceptors (Lipinski definition) is 4. The number of nitrogens with zero attached hydrogens (tertiary/aromatic N) is 4. The summed E-state index contributed by atoms with van der Waals surface area (Å²) in [5.74, 6) is 0.503. The lowest BCUT2D eigenvalue weighted by atomic mass is 9.93. The van der Waals surface area contributed by atoms with E-state index < -0.39 is 0 Å². The molecule has 23 heavy (non-hydrogen) atoms. The van der Waals surface area contributed by atoms with Gasteiger partial charge in [-0.3, -0.25) is 14.5 Å². The molecule has 0 radical (unpaired) electrons. The van der Waals surface area contributed by atoms with Crippen molar-refractivity contribution in [2.45, 2.75) is 12.8 Å². The molecule has 0 aliphatic carbocycles. The summed E-state index contributed by atoms with van der Waals surface area (Å²) in [5, 5.41) is 4.27. The molecule has 2 atom stereocenters. The van der Waals surface area contributed by atoms with Crippen LogP contribution in [0.4, 0.5) is 0 Å². The summed E-state index contributed by atoms with van der Waals surface area (Å²) in [7, 11) is 3.53. The molecule has 2 aromatic heterocycles. The number of aromatic nitrogens is 3. The van der Waals surface area contributed by atoms with Crippen LogP contribution in [0.25, 0.3) is 0 Å². The minimum absolute atomic E-state index is 0.0372. The Kier molecular flexibility index (Phi) is 4.43. The number of hydrogen-bond donors (Lipinski definition) is 0. The highest BCUT2D eigenvalue weighted by Gasteiger charge is 2.37. The molecule has 0 unspecified atom stereocenters. The molecule has 3 rings (SSSR count). The lowest BCUT2D eigenvalue weighted by molar-refractivity contribution is 0.0774. The Bertz CT molecular complexity index is 683. The number of rotatable bonds is 4. The lowest BCUT2D eigenvalue weighted by Crippen LogP contribution is -2.29. The van der Waals surface area contributed by atoms with Gasteiger partial charge >= 0.3 is 0 Å². The van der Waals surface area contributed by atoms with Crippen molar-refractivity contribution in [2.75, 3.05) is 26.8 Å². The molecule has 0 aromatic carbocycles. The number of likely N-dealkylation sites (tertiary alicyclic amines) is 1. The van der Waals surface area contributed by atoms with Gasteiger partial charge in [-0.2, -0.15) is 5.10 Å². The third kappa shape index (κ3) is 3.12. The Morgan fingerprint density at radius 3 is 2.83 bits per heavy atom. The highest BCUT2D eigenvalue weighted by atomic mass is 16.5. The van der Waals surface area contributed by atoms with E-state index in [1.807, 2.05) is 37.1 Å². The van der Waals surface area contributed by atoms with Crippen molar-refractivity contribution in [3.8, 4) is 0 Å². The molecule has 122 valence electrons. The van der Waals surface area contributed by atoms with Crippen LogP contribution in [0.1, 0.15) is 27.7 Å². The smallest absolute Gasteiger partial charge is 0.257 e. The van der Waals surface area contributed by atoms with E-state index in [2.05, 4.69) is 10.1 Å². The fraction of sp³-hybridized carbons (Fsp3) is 0.471. The van der Waals surface area contributed by atoms with Gasteiger partial charge in [0, 0.05) is 57.2 Å². The minimum Gasteiger partial charge on any atom is -0.384 e. The number of pyridine rings is 1. The van der Waals surface area contributed by atoms with Crippen LogP contribution in [-0.2, 0) is 11.8 Å². The molecule has 3 heterocycles. The van der Waals surface area contributed by atoms with Crippen molar-refractivity contribution < 1.29 is 9.53 Å². The van der Waals surface area contributed by atoms with Crippen LogP contribution in [0.5, 0.6) is 0 Å². The van der Waals surface area contributed by atoms with E-state index in [1.165, 1.54) is 0 Å². The number of methoxy groups -OCH3 is 1. The molecule has 1 fully saturated rings. The first-order chi connectivity index (χ1) is 11.1. The molecule has 1 amide bonds. The summed E-state index contributed by atoms with van der Waals surface area (Å²) in [6.45, 7) is 3.84. The van der Waals surface area contributed by atoms with Crippen LogP contribution in [0.3, 0.4) is 0 Å². The van der Waals surface area contributed by atoms with Crippen LogP contribution in [0.2, 0.25) is 0 Å². The normalized spacial score (nSPS) is 20.9. The summed E-state index contributed by atoms with van der Waals surface area (Å²) in [5.41, 5.74) is 2.46. The second kappa shape index (κ2) is 6.50. The fourth-order valence-electron chi connectivity index (χ4n) is 3.33. The zero-order chi connectivity index (χ0) is 16.4. The average Bonchev–Trinajstić information content (AvgIpc) is 3.11. The predicted octanol–water partition coefficient (Wildman–Crippen LogP) is 1.63. The number of aryl methyl sites for hydroxylation is 2. The van der Waals surface area contributed by atoms with E-state index in [-0.39, 0.29) is 17.7 Å². The van der Waals surface area contributed by atoms with Gasteiger partial charge in [0.1, 0.15) is 0 Å². The SMILES string of the molecule is COC[C@@H]1CN(C(=O)c2cn(C)nc2C)C[C@H]1c1ccccn1. The maximum Gasteiger partial charge on any atom is 0.257 e. The van der Waals surface area contributed by atoms with Crippen molar-refractivity contribution in [1.82, 2.24) is 19.7 Å². The standard InChI is InChI=1S/C17H22N4O2/c1-12-14(9-20(2)19-12)17(22)21-8-13(11-23-3)15(10-21)16-6-4-5-7-18-16/h4-7,9,13,15H,8,10-11H2,1-3H3/t13-,15+/m0/s1. The van der Waals surface area contributed by atoms with Crippen molar-refractivity contribution >= 4 is 5.91 Å². The highest BCUT2D eigenvalue weighted by Crippen LogP contribution is 2.32. The largest absolute Gasteiger partial charge is 0.384 e. The highest BCUT2D eigenvalue weighted by molar-refractivity contribution is 5.95. The molecule has 0 bridgehead atoms. The van der Waals surface area contributed by atoms with Crippen LogP contribution >= 0.6 is 0 Å². The van der Waals surface area contributed by atoms with Crippen LogP contribution in [-0.4, -0.2) is 52.4 Å². The first-order valence-corrected chi connectivity index (χ1v) is 7.79. The molecule has 0 N–H and O–H groups in total. The van der Waals surface area contributed by atoms with E-state index in [1.54, 1.807) is 24.2 Å². The van der Waals surface area contributed by atoms with Gasteiger partial charge in [-0.15, -0.1) is 0 Å². The molecular formula is C17H22N4O2. The summed E-state index contributed by atoms with van der Waals surface area (Å²) in [4.78, 5) is 19.2. The third-order valence-corrected chi connectivity index (χ3v) is 4.42. The summed E-state index contributed by atoms with van der Waals surface area (Å²) < 4.78 is 7.04. The topological polar surface area (TPSA) is 60.2 Å². The Hall–Kier alpha value is -2.21. The van der Waals surface area contributed by atoms with E-state index in [9.17, 15) is 4.79 Å². The molecule has 6 heteroatoms. The van der Waals surface area contributed by atoms with Gasteiger partial charge in [0.05, 0.1) is 17.9 Å². The predicted molar refractivity (Wildman–Crippen MR) is 86.2 cm³/mol. The Balaban J connectivity index is 1.82. The lowest BCUT2D eigenvalue weighted by Gasteiger charge is -2.16. The van der Waals surface area contributed by atoms with Gasteiger partial charge in [0.15, 0.2) is 0 Å². The van der Waals surface area contributed by atoms with Crippen molar-refractivity contribution in [3.63, 3.8) is 0 Å². The van der Waals surface area contributed by atoms with Gasteiger partial charge < -0.3 is 9.64 Å². The summed E-state index contributed by atoms with van der Waals surface area (Å²) in [6.07, 6.45) is 3.59. The van der Waals surface area contributed by atoms with Crippen LogP contribution in [0, 0.1) is 12.8 Å². The van der Waals surface area contributed by atoms with Gasteiger partial charge in [0.2, 0.25) is 0 Å². The maximum absolute atomic E-state index is 12.8. The Morgan fingerprint density at radius 1 is 1.39 bits per heavy atom. The molecule has 1 saturated heterocycles. The van der Waals surface area contributed by atoms with E-state index >= 15 is 0 Å². The minimum atomic E-state index is 0.0372. The quantitative estimate of drug-likeness (QED) is 0.860. The fourth-order valence-corrected chi connectivity index (χ4v) is 3.33. The van der Waals surface area contributed by atoms with Gasteiger partial charge in [-0.25, -0.2) is 0 Å². The van der Waals surface area contributed by atoms with Crippen LogP contribution < -0.4 is 0 Å². The number of carbonyl (C=O) groups excluding carboxylic acids is 1. The zero-order valence-corrected chi connectivity index (χ0v) is 13.8. The summed E-state index contributed by atoms with van der Waals surface area (Å²) >= 11 is 0. The Labute approximate surface area is 136 Å². The van der Waals surface area contributed by atoms with Crippen molar-refractivity contribution in [2.24, 2.45) is 13.0 Å². The first kappa shape index (κ1) is 15.7. The summed E-state index contributed by atoms with van der Waals surface area (Å²) in [6, 6.07) is 5.92. The maximum atomic E-state index is 12.8. The number of ether oxygens (including phenoxy) is 1. The zero-order valence-electron chi connectivity index (χ0n) is 13.8. The molecular weight excluding hydrogens is 292 g/mol. The van der Waals surface area contributed by atoms with Gasteiger partial charge in [-0.05, 0) is 19.1 Å². The van der Waals surface area contributed by atoms with Gasteiger partial charge in [0.25, 0.3) is 5.91 Å². The molecule has 0 spiro atoms. The molecule has 2 aromatic rings.